The largest absolute Gasteiger partial charge is 0.354 e. The number of amides is 1. The Morgan fingerprint density at radius 3 is 2.14 bits per heavy atom. The summed E-state index contributed by atoms with van der Waals surface area (Å²) in [5, 5.41) is 24.5. The number of piperazine rings is 1. The van der Waals surface area contributed by atoms with E-state index in [2.05, 4.69) is 27.1 Å². The number of nitro groups is 2. The van der Waals surface area contributed by atoms with E-state index in [1.165, 1.54) is 6.20 Å². The summed E-state index contributed by atoms with van der Waals surface area (Å²) < 4.78 is 0. The fourth-order valence-corrected chi connectivity index (χ4v) is 2.82. The van der Waals surface area contributed by atoms with Crippen LogP contribution in [0.25, 0.3) is 0 Å². The first kappa shape index (κ1) is 19.2. The van der Waals surface area contributed by atoms with Crippen molar-refractivity contribution in [2.75, 3.05) is 43.4 Å². The van der Waals surface area contributed by atoms with Gasteiger partial charge in [-0.25, -0.2) is 4.98 Å². The molecule has 1 saturated heterocycles. The van der Waals surface area contributed by atoms with E-state index < -0.39 is 27.1 Å². The van der Waals surface area contributed by atoms with Gasteiger partial charge in [0.1, 0.15) is 5.82 Å². The second-order valence-corrected chi connectivity index (χ2v) is 6.40. The Morgan fingerprint density at radius 1 is 1.04 bits per heavy atom. The van der Waals surface area contributed by atoms with Crippen LogP contribution in [0.4, 0.5) is 22.9 Å². The maximum Gasteiger partial charge on any atom is 0.277 e. The number of likely N-dealkylation sites (N-methyl/N-ethyl adjacent to an activating group) is 1. The minimum atomic E-state index is -0.782. The monoisotopic (exact) mass is 386 g/mol. The summed E-state index contributed by atoms with van der Waals surface area (Å²) in [7, 11) is 2.06. The first-order valence-corrected chi connectivity index (χ1v) is 8.48. The molecule has 28 heavy (non-hydrogen) atoms. The molecule has 1 aromatic carbocycles. The maximum atomic E-state index is 12.4. The lowest BCUT2D eigenvalue weighted by molar-refractivity contribution is -0.394. The first-order valence-electron chi connectivity index (χ1n) is 8.48. The molecule has 0 radical (unpaired) electrons. The third kappa shape index (κ3) is 4.38. The Morgan fingerprint density at radius 2 is 1.64 bits per heavy atom. The number of nitrogens with one attached hydrogen (secondary N) is 1. The normalized spacial score (nSPS) is 14.5. The van der Waals surface area contributed by atoms with E-state index in [9.17, 15) is 25.0 Å². The number of hydrogen-bond acceptors (Lipinski definition) is 8. The molecule has 3 rings (SSSR count). The average molecular weight is 386 g/mol. The predicted octanol–water partition coefficient (Wildman–Crippen LogP) is 1.90. The molecule has 0 unspecified atom stereocenters. The molecule has 1 aliphatic heterocycles. The molecule has 11 heteroatoms. The van der Waals surface area contributed by atoms with Gasteiger partial charge in [0, 0.05) is 38.3 Å². The molecule has 0 atom stereocenters. The summed E-state index contributed by atoms with van der Waals surface area (Å²) in [6, 6.07) is 6.24. The van der Waals surface area contributed by atoms with Crippen molar-refractivity contribution in [1.29, 1.82) is 0 Å². The van der Waals surface area contributed by atoms with Crippen molar-refractivity contribution in [2.45, 2.75) is 0 Å². The van der Waals surface area contributed by atoms with Crippen molar-refractivity contribution in [3.63, 3.8) is 0 Å². The highest BCUT2D eigenvalue weighted by Crippen LogP contribution is 2.24. The van der Waals surface area contributed by atoms with Crippen LogP contribution in [0.3, 0.4) is 0 Å². The number of hydrogen-bond donors (Lipinski definition) is 1. The van der Waals surface area contributed by atoms with E-state index in [4.69, 9.17) is 0 Å². The molecule has 0 saturated carbocycles. The molecule has 0 aliphatic carbocycles. The lowest BCUT2D eigenvalue weighted by Crippen LogP contribution is -2.44. The van der Waals surface area contributed by atoms with E-state index >= 15 is 0 Å². The Labute approximate surface area is 159 Å². The zero-order valence-corrected chi connectivity index (χ0v) is 15.1. The summed E-state index contributed by atoms with van der Waals surface area (Å²) in [6.07, 6.45) is 1.48. The molecule has 2 aromatic rings. The van der Waals surface area contributed by atoms with Gasteiger partial charge in [-0.2, -0.15) is 0 Å². The fraction of sp³-hybridized carbons (Fsp3) is 0.294. The van der Waals surface area contributed by atoms with Crippen LogP contribution in [0.2, 0.25) is 0 Å². The topological polar surface area (TPSA) is 135 Å². The number of non-ortho nitro benzene ring substituents is 2. The number of nitro benzene ring substituents is 2. The minimum Gasteiger partial charge on any atom is -0.354 e. The Kier molecular flexibility index (Phi) is 5.45. The Hall–Kier alpha value is -3.60. The van der Waals surface area contributed by atoms with E-state index in [0.29, 0.717) is 5.69 Å². The fourth-order valence-electron chi connectivity index (χ4n) is 2.82. The van der Waals surface area contributed by atoms with E-state index in [0.717, 1.165) is 50.2 Å². The van der Waals surface area contributed by atoms with Gasteiger partial charge in [-0.3, -0.25) is 25.0 Å². The Bertz CT molecular complexity index is 877. The highest BCUT2D eigenvalue weighted by atomic mass is 16.6. The van der Waals surface area contributed by atoms with Crippen LogP contribution in [0.5, 0.6) is 0 Å². The zero-order chi connectivity index (χ0) is 20.3. The van der Waals surface area contributed by atoms with Crippen LogP contribution in [0, 0.1) is 20.2 Å². The van der Waals surface area contributed by atoms with E-state index in [1.807, 2.05) is 0 Å². The molecular formula is C17H18N6O5. The van der Waals surface area contributed by atoms with Gasteiger partial charge < -0.3 is 15.1 Å². The number of benzene rings is 1. The molecule has 11 nitrogen and oxygen atoms in total. The summed E-state index contributed by atoms with van der Waals surface area (Å²) in [5.41, 5.74) is -0.841. The van der Waals surface area contributed by atoms with Gasteiger partial charge >= 0.3 is 0 Å². The lowest BCUT2D eigenvalue weighted by atomic mass is 10.1. The number of rotatable bonds is 5. The van der Waals surface area contributed by atoms with Crippen LogP contribution in [-0.4, -0.2) is 58.9 Å². The van der Waals surface area contributed by atoms with Crippen molar-refractivity contribution in [1.82, 2.24) is 9.88 Å². The number of anilines is 2. The minimum absolute atomic E-state index is 0.177. The molecule has 0 spiro atoms. The second kappa shape index (κ2) is 7.96. The molecule has 2 heterocycles. The van der Waals surface area contributed by atoms with Gasteiger partial charge in [0.05, 0.1) is 33.4 Å². The second-order valence-electron chi connectivity index (χ2n) is 6.40. The molecule has 1 fully saturated rings. The van der Waals surface area contributed by atoms with Gasteiger partial charge in [-0.1, -0.05) is 0 Å². The summed E-state index contributed by atoms with van der Waals surface area (Å²) in [4.78, 5) is 41.4. The lowest BCUT2D eigenvalue weighted by Gasteiger charge is -2.33. The van der Waals surface area contributed by atoms with Gasteiger partial charge in [-0.15, -0.1) is 0 Å². The summed E-state index contributed by atoms with van der Waals surface area (Å²) in [6.45, 7) is 3.58. The summed E-state index contributed by atoms with van der Waals surface area (Å²) in [5.74, 6) is 0.0954. The smallest absolute Gasteiger partial charge is 0.277 e. The number of carbonyl (C=O) groups excluding carboxylic acids is 1. The van der Waals surface area contributed by atoms with Crippen LogP contribution in [-0.2, 0) is 0 Å². The van der Waals surface area contributed by atoms with E-state index in [1.54, 1.807) is 12.1 Å². The van der Waals surface area contributed by atoms with Crippen molar-refractivity contribution in [3.05, 3.63) is 62.3 Å². The highest BCUT2D eigenvalue weighted by molar-refractivity contribution is 6.05. The van der Waals surface area contributed by atoms with Gasteiger partial charge in [0.2, 0.25) is 0 Å². The Balaban J connectivity index is 1.74. The highest BCUT2D eigenvalue weighted by Gasteiger charge is 2.20. The molecule has 1 aromatic heterocycles. The average Bonchev–Trinajstić information content (AvgIpc) is 2.68. The maximum absolute atomic E-state index is 12.4. The van der Waals surface area contributed by atoms with Gasteiger partial charge in [0.25, 0.3) is 17.3 Å². The molecule has 0 bridgehead atoms. The van der Waals surface area contributed by atoms with Crippen LogP contribution >= 0.6 is 0 Å². The van der Waals surface area contributed by atoms with E-state index in [-0.39, 0.29) is 5.56 Å². The number of pyridine rings is 1. The number of nitrogens with zero attached hydrogens (tertiary/aromatic N) is 5. The zero-order valence-electron chi connectivity index (χ0n) is 15.1. The molecule has 1 N–H and O–H groups in total. The third-order valence-corrected chi connectivity index (χ3v) is 4.42. The van der Waals surface area contributed by atoms with Gasteiger partial charge in [0.15, 0.2) is 0 Å². The van der Waals surface area contributed by atoms with Crippen molar-refractivity contribution < 1.29 is 14.6 Å². The molecular weight excluding hydrogens is 368 g/mol. The van der Waals surface area contributed by atoms with Crippen molar-refractivity contribution in [3.8, 4) is 0 Å². The first-order chi connectivity index (χ1) is 13.3. The molecule has 1 aliphatic rings. The number of carbonyl (C=O) groups is 1. The van der Waals surface area contributed by atoms with Crippen LogP contribution < -0.4 is 10.2 Å². The molecule has 146 valence electrons. The van der Waals surface area contributed by atoms with Crippen LogP contribution in [0.1, 0.15) is 10.4 Å². The quantitative estimate of drug-likeness (QED) is 0.608. The van der Waals surface area contributed by atoms with Crippen LogP contribution in [0.15, 0.2) is 36.5 Å². The third-order valence-electron chi connectivity index (χ3n) is 4.42. The standard InChI is InChI=1S/C17H18N6O5/c1-20-4-6-21(7-5-20)16-3-2-13(11-18-16)19-17(24)12-8-14(22(25)26)10-15(9-12)23(27)28/h2-3,8-11H,4-7H2,1H3,(H,19,24). The predicted molar refractivity (Wildman–Crippen MR) is 102 cm³/mol. The molecule has 1 amide bonds. The van der Waals surface area contributed by atoms with Gasteiger partial charge in [-0.05, 0) is 19.2 Å². The van der Waals surface area contributed by atoms with Crippen molar-refractivity contribution >= 4 is 28.8 Å². The van der Waals surface area contributed by atoms with Crippen molar-refractivity contribution in [2.24, 2.45) is 0 Å². The summed E-state index contributed by atoms with van der Waals surface area (Å²) >= 11 is 0. The number of aromatic nitrogens is 1. The SMILES string of the molecule is CN1CCN(c2ccc(NC(=O)c3cc([N+](=O)[O-])cc([N+](=O)[O-])c3)cn2)CC1.